The van der Waals surface area contributed by atoms with Crippen LogP contribution in [0.25, 0.3) is 0 Å². The number of benzene rings is 2. The molecule has 32 heteroatoms. The van der Waals surface area contributed by atoms with Crippen molar-refractivity contribution in [1.29, 1.82) is 0 Å². The van der Waals surface area contributed by atoms with Crippen molar-refractivity contribution in [3.8, 4) is 0 Å². The molecular weight excluding hydrogens is 1250 g/mol. The van der Waals surface area contributed by atoms with Gasteiger partial charge in [0.1, 0.15) is 54.4 Å². The van der Waals surface area contributed by atoms with Crippen LogP contribution >= 0.6 is 11.8 Å². The second-order valence-corrected chi connectivity index (χ2v) is 24.9. The van der Waals surface area contributed by atoms with Gasteiger partial charge in [-0.2, -0.15) is 11.8 Å². The fraction of sp³-hybridized carbons (Fsp3) is 0.587. The van der Waals surface area contributed by atoms with Crippen LogP contribution in [0.4, 0.5) is 0 Å². The SMILES string of the molecule is COC(=O)[C@H](CCSC)NC(=O)[C@H](CC(C)C)NC(=O)CNC(=O)[C@H](Cc1ccccc1)NC(=O)[C@H](Cc1ccccc1)NC(=O)[C@H](CCC(N)=O)NC(=O)[C@H](CCC(N)=O)NC(=O)[C@@H]1CCCN1C(=O)[C@H](CCCCN)NC(=O)[C@@H]1CCCN1C(=O)[C@@H](N)CCN=C(N)N. The van der Waals surface area contributed by atoms with Gasteiger partial charge < -0.3 is 91.5 Å². The Kier molecular flexibility index (Phi) is 33.9. The number of rotatable bonds is 41. The number of guanidine groups is 1. The Hall–Kier alpha value is -8.91. The number of ether oxygens (including phenoxy) is 1. The van der Waals surface area contributed by atoms with E-state index in [1.165, 1.54) is 28.7 Å². The number of hydrogen-bond donors (Lipinski definition) is 14. The van der Waals surface area contributed by atoms with E-state index in [4.69, 9.17) is 39.1 Å². The third-order valence-electron chi connectivity index (χ3n) is 15.9. The summed E-state index contributed by atoms with van der Waals surface area (Å²) >= 11 is 1.46. The van der Waals surface area contributed by atoms with Gasteiger partial charge in [0, 0.05) is 45.3 Å². The first-order valence-electron chi connectivity index (χ1n) is 32.0. The Morgan fingerprint density at radius 2 is 1.04 bits per heavy atom. The zero-order valence-electron chi connectivity index (χ0n) is 54.6. The van der Waals surface area contributed by atoms with Crippen molar-refractivity contribution in [2.24, 2.45) is 45.3 Å². The molecule has 0 spiro atoms. The number of esters is 1. The average Bonchev–Trinajstić information content (AvgIpc) is 1.92. The Balaban J connectivity index is 1.57. The van der Waals surface area contributed by atoms with E-state index >= 15 is 0 Å². The number of likely N-dealkylation sites (tertiary alicyclic amines) is 2. The summed E-state index contributed by atoms with van der Waals surface area (Å²) in [5.41, 5.74) is 35.0. The summed E-state index contributed by atoms with van der Waals surface area (Å²) in [4.78, 5) is 185. The first kappa shape index (κ1) is 78.5. The number of thioether (sulfide) groups is 1. The van der Waals surface area contributed by atoms with E-state index in [9.17, 15) is 62.3 Å². The fourth-order valence-corrected chi connectivity index (χ4v) is 11.4. The van der Waals surface area contributed by atoms with E-state index in [0.717, 1.165) is 0 Å². The number of unbranched alkanes of at least 4 members (excludes halogenated alkanes) is 1. The van der Waals surface area contributed by atoms with Crippen molar-refractivity contribution >= 4 is 94.6 Å². The molecule has 0 aromatic heterocycles. The Bertz CT molecular complexity index is 2960. The third kappa shape index (κ3) is 27.2. The lowest BCUT2D eigenvalue weighted by molar-refractivity contribution is -0.145. The van der Waals surface area contributed by atoms with Crippen molar-refractivity contribution in [2.75, 3.05) is 51.8 Å². The van der Waals surface area contributed by atoms with E-state index in [2.05, 4.69) is 47.5 Å². The molecule has 10 atom stereocenters. The standard InChI is InChI=1S/C63H97N17O14S/c1-37(2)33-45(56(87)76-44(27-32-95-4)62(93)94-3)72-52(83)36-71-53(84)46(34-38-15-7-5-8-16-38)77-57(88)47(35-39-17-9-6-10-18-39)78-55(86)41(22-24-50(66)81)73-54(85)42(23-25-51(67)82)74-58(89)49-21-14-31-80(49)61(92)43(19-11-12-28-64)75-59(90)48-20-13-30-79(48)60(91)40(65)26-29-70-63(68)69/h5-10,15-18,37,40-49H,11-14,19-36,64-65H2,1-4H3,(H2,66,81)(H2,67,82)(H,71,84)(H,72,83)(H,73,85)(H,74,89)(H,75,90)(H,76,87)(H,77,88)(H,78,86)(H4,68,69,70)/t40-,41-,42-,43-,44-,45-,46-,47-,48-,49-/m0/s1. The number of carbonyl (C=O) groups excluding carboxylic acids is 13. The summed E-state index contributed by atoms with van der Waals surface area (Å²) in [6, 6.07) is 4.42. The highest BCUT2D eigenvalue weighted by atomic mass is 32.2. The number of primary amides is 2. The Labute approximate surface area is 557 Å². The molecule has 2 heterocycles. The number of hydrogen-bond acceptors (Lipinski definition) is 18. The van der Waals surface area contributed by atoms with E-state index in [-0.39, 0.29) is 89.4 Å². The molecule has 2 aliphatic rings. The predicted octanol–water partition coefficient (Wildman–Crippen LogP) is -3.41. The highest BCUT2D eigenvalue weighted by Gasteiger charge is 2.42. The number of nitrogens with one attached hydrogen (secondary N) is 8. The zero-order valence-corrected chi connectivity index (χ0v) is 55.4. The first-order chi connectivity index (χ1) is 45.3. The maximum atomic E-state index is 14.7. The van der Waals surface area contributed by atoms with Crippen LogP contribution in [-0.4, -0.2) is 205 Å². The van der Waals surface area contributed by atoms with Crippen LogP contribution in [0.5, 0.6) is 0 Å². The number of nitrogens with two attached hydrogens (primary N) is 6. The van der Waals surface area contributed by atoms with Gasteiger partial charge in [-0.3, -0.25) is 62.5 Å². The fourth-order valence-electron chi connectivity index (χ4n) is 10.9. The largest absolute Gasteiger partial charge is 0.467 e. The van der Waals surface area contributed by atoms with Crippen molar-refractivity contribution in [1.82, 2.24) is 52.3 Å². The van der Waals surface area contributed by atoms with E-state index in [0.29, 0.717) is 42.6 Å². The summed E-state index contributed by atoms with van der Waals surface area (Å²) in [5.74, 6) is -9.84. The second-order valence-electron chi connectivity index (χ2n) is 23.9. The normalized spacial score (nSPS) is 16.8. The zero-order chi connectivity index (χ0) is 70.1. The Morgan fingerprint density at radius 3 is 1.54 bits per heavy atom. The molecule has 0 unspecified atom stereocenters. The summed E-state index contributed by atoms with van der Waals surface area (Å²) < 4.78 is 4.88. The van der Waals surface area contributed by atoms with E-state index in [1.807, 2.05) is 20.1 Å². The molecule has 0 saturated carbocycles. The summed E-state index contributed by atoms with van der Waals surface area (Å²) in [6.45, 7) is 3.68. The van der Waals surface area contributed by atoms with E-state index < -0.39 is 170 Å². The summed E-state index contributed by atoms with van der Waals surface area (Å²) in [7, 11) is 1.20. The molecule has 31 nitrogen and oxygen atoms in total. The molecule has 0 aliphatic carbocycles. The highest BCUT2D eigenvalue weighted by molar-refractivity contribution is 7.98. The van der Waals surface area contributed by atoms with Gasteiger partial charge in [0.05, 0.1) is 19.7 Å². The van der Waals surface area contributed by atoms with E-state index in [1.54, 1.807) is 60.7 Å². The minimum atomic E-state index is -1.65. The second kappa shape index (κ2) is 41.0. The van der Waals surface area contributed by atoms with Crippen molar-refractivity contribution < 1.29 is 67.1 Å². The number of carbonyl (C=O) groups is 13. The minimum Gasteiger partial charge on any atom is -0.467 e. The van der Waals surface area contributed by atoms with Gasteiger partial charge in [0.15, 0.2) is 5.96 Å². The highest BCUT2D eigenvalue weighted by Crippen LogP contribution is 2.23. The van der Waals surface area contributed by atoms with Gasteiger partial charge in [-0.15, -0.1) is 0 Å². The lowest BCUT2D eigenvalue weighted by Crippen LogP contribution is -2.60. The van der Waals surface area contributed by atoms with Crippen molar-refractivity contribution in [2.45, 2.75) is 177 Å². The summed E-state index contributed by atoms with van der Waals surface area (Å²) in [5, 5.41) is 21.2. The smallest absolute Gasteiger partial charge is 0.328 e. The van der Waals surface area contributed by atoms with Crippen LogP contribution in [0.15, 0.2) is 65.7 Å². The number of nitrogens with zero attached hydrogens (tertiary/aromatic N) is 3. The lowest BCUT2D eigenvalue weighted by atomic mass is 10.0. The molecule has 95 heavy (non-hydrogen) atoms. The maximum absolute atomic E-state index is 14.7. The molecule has 0 radical (unpaired) electrons. The molecule has 2 aromatic carbocycles. The Morgan fingerprint density at radius 1 is 0.568 bits per heavy atom. The van der Waals surface area contributed by atoms with Gasteiger partial charge in [-0.1, -0.05) is 74.5 Å². The van der Waals surface area contributed by atoms with Crippen LogP contribution in [0.1, 0.15) is 115 Å². The number of aliphatic imine (C=N–C) groups is 1. The van der Waals surface area contributed by atoms with Gasteiger partial charge >= 0.3 is 5.97 Å². The van der Waals surface area contributed by atoms with Crippen LogP contribution in [0, 0.1) is 5.92 Å². The number of methoxy groups -OCH3 is 1. The van der Waals surface area contributed by atoms with Crippen LogP contribution in [-0.2, 0) is 79.9 Å². The topological polar surface area (TPSA) is 502 Å². The van der Waals surface area contributed by atoms with Gasteiger partial charge in [-0.05, 0) is 113 Å². The third-order valence-corrected chi connectivity index (χ3v) is 16.6. The van der Waals surface area contributed by atoms with Gasteiger partial charge in [-0.25, -0.2) is 4.79 Å². The average molecular weight is 1350 g/mol. The van der Waals surface area contributed by atoms with Gasteiger partial charge in [0.25, 0.3) is 0 Å². The molecule has 2 aromatic rings. The van der Waals surface area contributed by atoms with Crippen LogP contribution in [0.2, 0.25) is 0 Å². The molecule has 524 valence electrons. The first-order valence-corrected chi connectivity index (χ1v) is 33.4. The monoisotopic (exact) mass is 1350 g/mol. The molecule has 2 aliphatic heterocycles. The molecule has 12 amide bonds. The molecular formula is C63H97N17O14S. The molecule has 2 fully saturated rings. The van der Waals surface area contributed by atoms with Crippen LogP contribution < -0.4 is 76.9 Å². The predicted molar refractivity (Wildman–Crippen MR) is 354 cm³/mol. The van der Waals surface area contributed by atoms with Crippen LogP contribution in [0.3, 0.4) is 0 Å². The summed E-state index contributed by atoms with van der Waals surface area (Å²) in [6.07, 6.45) is 2.54. The lowest BCUT2D eigenvalue weighted by Gasteiger charge is -2.32. The maximum Gasteiger partial charge on any atom is 0.328 e. The van der Waals surface area contributed by atoms with Crippen molar-refractivity contribution in [3.05, 3.63) is 71.8 Å². The molecule has 4 rings (SSSR count). The number of amides is 12. The van der Waals surface area contributed by atoms with Crippen molar-refractivity contribution in [3.63, 3.8) is 0 Å². The molecule has 2 saturated heterocycles. The minimum absolute atomic E-state index is 0.0696. The van der Waals surface area contributed by atoms with Gasteiger partial charge in [0.2, 0.25) is 70.9 Å². The molecule has 0 bridgehead atoms. The quantitative estimate of drug-likeness (QED) is 0.0133. The molecule has 20 N–H and O–H groups in total.